The number of amides is 1. The van der Waals surface area contributed by atoms with Crippen molar-refractivity contribution in [2.45, 2.75) is 32.2 Å². The van der Waals surface area contributed by atoms with Crippen molar-refractivity contribution in [2.24, 2.45) is 5.92 Å². The summed E-state index contributed by atoms with van der Waals surface area (Å²) in [7, 11) is 0. The molecule has 7 nitrogen and oxygen atoms in total. The Morgan fingerprint density at radius 1 is 1.22 bits per heavy atom. The lowest BCUT2D eigenvalue weighted by molar-refractivity contribution is -0.132. The van der Waals surface area contributed by atoms with Gasteiger partial charge in [0.25, 0.3) is 12.4 Å². The van der Waals surface area contributed by atoms with Crippen LogP contribution >= 0.6 is 0 Å². The monoisotopic (exact) mass is 378 g/mol. The second-order valence-corrected chi connectivity index (χ2v) is 7.06. The smallest absolute Gasteiger partial charge is 0.290 e. The number of piperidine rings is 1. The zero-order valence-corrected chi connectivity index (χ0v) is 15.8. The molecule has 2 fully saturated rings. The van der Waals surface area contributed by atoms with E-state index in [1.165, 1.54) is 5.56 Å². The lowest BCUT2D eigenvalue weighted by Gasteiger charge is -2.31. The van der Waals surface area contributed by atoms with Crippen molar-refractivity contribution in [1.29, 1.82) is 0 Å². The average molecular weight is 378 g/mol. The molecule has 150 valence electrons. The highest BCUT2D eigenvalue weighted by atomic mass is 16.5. The average Bonchev–Trinajstić information content (AvgIpc) is 3.22. The number of carboxylic acid groups (broad SMARTS) is 1. The Labute approximate surface area is 160 Å². The molecule has 2 heterocycles. The lowest BCUT2D eigenvalue weighted by Crippen LogP contribution is -2.36. The van der Waals surface area contributed by atoms with Gasteiger partial charge in [0.1, 0.15) is 5.75 Å². The summed E-state index contributed by atoms with van der Waals surface area (Å²) in [6.45, 7) is 4.78. The number of likely N-dealkylation sites (tertiary alicyclic amines) is 2. The molecule has 0 saturated carbocycles. The summed E-state index contributed by atoms with van der Waals surface area (Å²) in [4.78, 5) is 24.7. The van der Waals surface area contributed by atoms with Crippen LogP contribution in [0.1, 0.15) is 31.2 Å². The first kappa shape index (κ1) is 21.2. The van der Waals surface area contributed by atoms with Gasteiger partial charge in [-0.25, -0.2) is 0 Å². The van der Waals surface area contributed by atoms with E-state index in [2.05, 4.69) is 11.0 Å². The number of carbonyl (C=O) groups excluding carboxylic acids is 1. The Hall–Kier alpha value is -2.12. The molecule has 2 aliphatic rings. The second-order valence-electron chi connectivity index (χ2n) is 7.06. The van der Waals surface area contributed by atoms with Crippen LogP contribution in [0.4, 0.5) is 0 Å². The van der Waals surface area contributed by atoms with Gasteiger partial charge < -0.3 is 19.8 Å². The Kier molecular flexibility index (Phi) is 9.07. The summed E-state index contributed by atoms with van der Waals surface area (Å²) >= 11 is 0. The van der Waals surface area contributed by atoms with Crippen molar-refractivity contribution in [1.82, 2.24) is 9.80 Å². The van der Waals surface area contributed by atoms with Crippen LogP contribution in [-0.4, -0.2) is 71.8 Å². The summed E-state index contributed by atoms with van der Waals surface area (Å²) in [6.07, 6.45) is 4.47. The van der Waals surface area contributed by atoms with Crippen molar-refractivity contribution >= 4 is 12.4 Å². The molecule has 0 radical (unpaired) electrons. The van der Waals surface area contributed by atoms with Crippen molar-refractivity contribution in [3.8, 4) is 5.75 Å². The number of carbonyl (C=O) groups is 2. The third-order valence-corrected chi connectivity index (χ3v) is 4.99. The van der Waals surface area contributed by atoms with Gasteiger partial charge in [-0.15, -0.1) is 0 Å². The summed E-state index contributed by atoms with van der Waals surface area (Å²) in [5, 5.41) is 16.2. The fourth-order valence-corrected chi connectivity index (χ4v) is 3.64. The maximum Gasteiger partial charge on any atom is 0.290 e. The van der Waals surface area contributed by atoms with Crippen LogP contribution in [0.3, 0.4) is 0 Å². The number of ether oxygens (including phenoxy) is 1. The number of hydrogen-bond acceptors (Lipinski definition) is 5. The third kappa shape index (κ3) is 7.19. The van der Waals surface area contributed by atoms with E-state index in [0.29, 0.717) is 5.92 Å². The molecule has 0 aliphatic carbocycles. The van der Waals surface area contributed by atoms with Crippen LogP contribution in [-0.2, 0) is 16.1 Å². The van der Waals surface area contributed by atoms with E-state index in [-0.39, 0.29) is 25.6 Å². The maximum atomic E-state index is 12.1. The molecule has 7 heteroatoms. The standard InChI is InChI=1S/C19H28N2O3.CH2O2/c22-14-17-6-4-8-20(13-17)12-16-5-3-7-18(11-16)24-15-19(23)21-9-1-2-10-21;2-1-3/h3,5,7,11,17,22H,1-2,4,6,8-10,12-15H2;1H,(H,2,3). The van der Waals surface area contributed by atoms with Gasteiger partial charge in [0.05, 0.1) is 0 Å². The Bertz CT molecular complexity index is 589. The molecule has 0 aromatic heterocycles. The van der Waals surface area contributed by atoms with Crippen LogP contribution in [0.2, 0.25) is 0 Å². The van der Waals surface area contributed by atoms with Gasteiger partial charge in [0.2, 0.25) is 0 Å². The number of rotatable bonds is 6. The highest BCUT2D eigenvalue weighted by Crippen LogP contribution is 2.20. The van der Waals surface area contributed by atoms with Crippen LogP contribution in [0.15, 0.2) is 24.3 Å². The third-order valence-electron chi connectivity index (χ3n) is 4.99. The number of hydrogen-bond donors (Lipinski definition) is 2. The number of aliphatic hydroxyl groups excluding tert-OH is 1. The highest BCUT2D eigenvalue weighted by molar-refractivity contribution is 5.78. The van der Waals surface area contributed by atoms with Crippen LogP contribution < -0.4 is 4.74 Å². The summed E-state index contributed by atoms with van der Waals surface area (Å²) in [6, 6.07) is 8.02. The van der Waals surface area contributed by atoms with Crippen molar-refractivity contribution < 1.29 is 24.5 Å². The van der Waals surface area contributed by atoms with Crippen LogP contribution in [0, 0.1) is 5.92 Å². The molecule has 1 atom stereocenters. The summed E-state index contributed by atoms with van der Waals surface area (Å²) in [5.74, 6) is 1.24. The Balaban J connectivity index is 0.000000817. The molecule has 0 bridgehead atoms. The topological polar surface area (TPSA) is 90.3 Å². The molecule has 2 N–H and O–H groups in total. The van der Waals surface area contributed by atoms with Gasteiger partial charge >= 0.3 is 0 Å². The van der Waals surface area contributed by atoms with Crippen molar-refractivity contribution in [3.63, 3.8) is 0 Å². The molecular weight excluding hydrogens is 348 g/mol. The van der Waals surface area contributed by atoms with Gasteiger partial charge in [0, 0.05) is 32.8 Å². The van der Waals surface area contributed by atoms with Gasteiger partial charge in [-0.3, -0.25) is 14.5 Å². The van der Waals surface area contributed by atoms with E-state index < -0.39 is 0 Å². The van der Waals surface area contributed by atoms with Gasteiger partial charge in [-0.2, -0.15) is 0 Å². The number of nitrogens with zero attached hydrogens (tertiary/aromatic N) is 2. The van der Waals surface area contributed by atoms with Gasteiger partial charge in [-0.1, -0.05) is 12.1 Å². The largest absolute Gasteiger partial charge is 0.484 e. The van der Waals surface area contributed by atoms with E-state index in [1.807, 2.05) is 23.1 Å². The molecule has 1 unspecified atom stereocenters. The zero-order chi connectivity index (χ0) is 19.5. The molecular formula is C20H30N2O5. The lowest BCUT2D eigenvalue weighted by atomic mass is 9.98. The number of aliphatic hydroxyl groups is 1. The predicted molar refractivity (Wildman–Crippen MR) is 102 cm³/mol. The van der Waals surface area contributed by atoms with E-state index in [1.54, 1.807) is 0 Å². The molecule has 2 aliphatic heterocycles. The minimum atomic E-state index is -0.250. The summed E-state index contributed by atoms with van der Waals surface area (Å²) < 4.78 is 5.70. The quantitative estimate of drug-likeness (QED) is 0.731. The SMILES string of the molecule is O=C(COc1cccc(CN2CCCC(CO)C2)c1)N1CCCC1.O=CO. The molecule has 27 heavy (non-hydrogen) atoms. The Morgan fingerprint density at radius 2 is 1.96 bits per heavy atom. The fraction of sp³-hybridized carbons (Fsp3) is 0.600. The molecule has 1 aromatic carbocycles. The zero-order valence-electron chi connectivity index (χ0n) is 15.8. The van der Waals surface area contributed by atoms with Crippen LogP contribution in [0.5, 0.6) is 5.75 Å². The Morgan fingerprint density at radius 3 is 2.67 bits per heavy atom. The van der Waals surface area contributed by atoms with Crippen molar-refractivity contribution in [2.75, 3.05) is 39.4 Å². The number of benzene rings is 1. The molecule has 3 rings (SSSR count). The second kappa shape index (κ2) is 11.6. The van der Waals surface area contributed by atoms with Crippen molar-refractivity contribution in [3.05, 3.63) is 29.8 Å². The highest BCUT2D eigenvalue weighted by Gasteiger charge is 2.20. The summed E-state index contributed by atoms with van der Waals surface area (Å²) in [5.41, 5.74) is 1.19. The normalized spacial score (nSPS) is 19.9. The van der Waals surface area contributed by atoms with E-state index in [9.17, 15) is 9.90 Å². The van der Waals surface area contributed by atoms with Gasteiger partial charge in [0.15, 0.2) is 6.61 Å². The molecule has 1 amide bonds. The van der Waals surface area contributed by atoms with E-state index >= 15 is 0 Å². The van der Waals surface area contributed by atoms with E-state index in [4.69, 9.17) is 14.6 Å². The van der Waals surface area contributed by atoms with Gasteiger partial charge in [-0.05, 0) is 55.8 Å². The molecule has 2 saturated heterocycles. The maximum absolute atomic E-state index is 12.1. The first-order valence-corrected chi connectivity index (χ1v) is 9.57. The molecule has 1 aromatic rings. The fourth-order valence-electron chi connectivity index (χ4n) is 3.64. The minimum Gasteiger partial charge on any atom is -0.484 e. The molecule has 0 spiro atoms. The minimum absolute atomic E-state index is 0.0831. The predicted octanol–water partition coefficient (Wildman–Crippen LogP) is 1.59. The first-order valence-electron chi connectivity index (χ1n) is 9.57. The van der Waals surface area contributed by atoms with Crippen LogP contribution in [0.25, 0.3) is 0 Å². The first-order chi connectivity index (χ1) is 13.2. The van der Waals surface area contributed by atoms with E-state index in [0.717, 1.165) is 64.2 Å².